The molecule has 0 aliphatic rings. The Bertz CT molecular complexity index is 125. The van der Waals surface area contributed by atoms with Crippen LogP contribution in [0.5, 0.6) is 0 Å². The first-order valence-corrected chi connectivity index (χ1v) is 6.44. The quantitative estimate of drug-likeness (QED) is 0.571. The first kappa shape index (κ1) is 14.2. The molecule has 0 spiro atoms. The van der Waals surface area contributed by atoms with E-state index in [1.165, 1.54) is 11.5 Å². The standard InChI is InChI=1S/C10H24N2OS/c1-4-14-6-5-10(7-11)12-8-9(2)13-3/h9-10,12H,4-8,11H2,1-3H3. The zero-order valence-electron chi connectivity index (χ0n) is 9.58. The lowest BCUT2D eigenvalue weighted by Crippen LogP contribution is -2.40. The van der Waals surface area contributed by atoms with Gasteiger partial charge in [0.2, 0.25) is 0 Å². The van der Waals surface area contributed by atoms with Crippen molar-refractivity contribution in [2.24, 2.45) is 5.73 Å². The maximum absolute atomic E-state index is 5.67. The molecule has 3 N–H and O–H groups in total. The van der Waals surface area contributed by atoms with Crippen LogP contribution in [0, 0.1) is 0 Å². The van der Waals surface area contributed by atoms with E-state index in [2.05, 4.69) is 19.2 Å². The predicted molar refractivity (Wildman–Crippen MR) is 64.9 cm³/mol. The van der Waals surface area contributed by atoms with E-state index < -0.39 is 0 Å². The van der Waals surface area contributed by atoms with Crippen molar-refractivity contribution >= 4 is 11.8 Å². The third-order valence-electron chi connectivity index (χ3n) is 2.20. The van der Waals surface area contributed by atoms with E-state index in [0.29, 0.717) is 12.6 Å². The maximum atomic E-state index is 5.67. The third kappa shape index (κ3) is 7.62. The van der Waals surface area contributed by atoms with Gasteiger partial charge in [-0.1, -0.05) is 6.92 Å². The number of thioether (sulfide) groups is 1. The Balaban J connectivity index is 3.47. The van der Waals surface area contributed by atoms with Crippen molar-refractivity contribution in [3.8, 4) is 0 Å². The Morgan fingerprint density at radius 1 is 1.50 bits per heavy atom. The number of rotatable bonds is 9. The Morgan fingerprint density at radius 2 is 2.21 bits per heavy atom. The van der Waals surface area contributed by atoms with Crippen molar-refractivity contribution in [1.29, 1.82) is 0 Å². The lowest BCUT2D eigenvalue weighted by molar-refractivity contribution is 0.114. The van der Waals surface area contributed by atoms with Gasteiger partial charge in [-0.05, 0) is 24.9 Å². The fourth-order valence-electron chi connectivity index (χ4n) is 1.09. The summed E-state index contributed by atoms with van der Waals surface area (Å²) in [7, 11) is 1.73. The van der Waals surface area contributed by atoms with Crippen molar-refractivity contribution in [3.63, 3.8) is 0 Å². The average molecular weight is 220 g/mol. The molecule has 0 amide bonds. The van der Waals surface area contributed by atoms with Gasteiger partial charge in [0, 0.05) is 26.2 Å². The molecule has 0 rings (SSSR count). The number of methoxy groups -OCH3 is 1. The number of hydrogen-bond acceptors (Lipinski definition) is 4. The van der Waals surface area contributed by atoms with Gasteiger partial charge in [0.1, 0.15) is 0 Å². The monoisotopic (exact) mass is 220 g/mol. The number of hydrogen-bond donors (Lipinski definition) is 2. The van der Waals surface area contributed by atoms with Crippen LogP contribution in [0.2, 0.25) is 0 Å². The van der Waals surface area contributed by atoms with E-state index in [9.17, 15) is 0 Å². The Hall–Kier alpha value is 0.230. The minimum Gasteiger partial charge on any atom is -0.380 e. The second kappa shape index (κ2) is 9.77. The summed E-state index contributed by atoms with van der Waals surface area (Å²) in [6.45, 7) is 5.83. The van der Waals surface area contributed by atoms with Crippen molar-refractivity contribution in [1.82, 2.24) is 5.32 Å². The first-order chi connectivity index (χ1) is 6.74. The summed E-state index contributed by atoms with van der Waals surface area (Å²) in [4.78, 5) is 0. The number of ether oxygens (including phenoxy) is 1. The molecule has 0 bridgehead atoms. The van der Waals surface area contributed by atoms with Crippen LogP contribution in [0.15, 0.2) is 0 Å². The minimum absolute atomic E-state index is 0.267. The molecule has 0 saturated heterocycles. The van der Waals surface area contributed by atoms with Gasteiger partial charge in [-0.3, -0.25) is 0 Å². The largest absolute Gasteiger partial charge is 0.380 e. The highest BCUT2D eigenvalue weighted by Gasteiger charge is 2.07. The van der Waals surface area contributed by atoms with Gasteiger partial charge < -0.3 is 15.8 Å². The molecule has 14 heavy (non-hydrogen) atoms. The van der Waals surface area contributed by atoms with Gasteiger partial charge >= 0.3 is 0 Å². The van der Waals surface area contributed by atoms with Gasteiger partial charge in [0.15, 0.2) is 0 Å². The van der Waals surface area contributed by atoms with Crippen LogP contribution in [0.25, 0.3) is 0 Å². The highest BCUT2D eigenvalue weighted by molar-refractivity contribution is 7.99. The Labute approximate surface area is 92.2 Å². The molecule has 0 fully saturated rings. The molecule has 0 aromatic rings. The zero-order valence-corrected chi connectivity index (χ0v) is 10.4. The molecule has 0 aromatic heterocycles. The first-order valence-electron chi connectivity index (χ1n) is 5.28. The molecule has 4 heteroatoms. The van der Waals surface area contributed by atoms with Gasteiger partial charge in [-0.2, -0.15) is 11.8 Å². The van der Waals surface area contributed by atoms with E-state index in [1.807, 2.05) is 11.8 Å². The number of nitrogens with one attached hydrogen (secondary N) is 1. The third-order valence-corrected chi connectivity index (χ3v) is 3.13. The van der Waals surface area contributed by atoms with Crippen LogP contribution in [0.3, 0.4) is 0 Å². The normalized spacial score (nSPS) is 15.4. The minimum atomic E-state index is 0.267. The maximum Gasteiger partial charge on any atom is 0.0667 e. The fraction of sp³-hybridized carbons (Fsp3) is 1.00. The summed E-state index contributed by atoms with van der Waals surface area (Å²) in [5.41, 5.74) is 5.67. The Kier molecular flexibility index (Phi) is 9.93. The predicted octanol–water partition coefficient (Wildman–Crippen LogP) is 1.08. The fourth-order valence-corrected chi connectivity index (χ4v) is 1.83. The van der Waals surface area contributed by atoms with Crippen LogP contribution < -0.4 is 11.1 Å². The lowest BCUT2D eigenvalue weighted by Gasteiger charge is -2.18. The van der Waals surface area contributed by atoms with Crippen LogP contribution >= 0.6 is 11.8 Å². The number of nitrogens with two attached hydrogens (primary N) is 1. The summed E-state index contributed by atoms with van der Waals surface area (Å²) in [6.07, 6.45) is 1.41. The molecule has 0 heterocycles. The molecular weight excluding hydrogens is 196 g/mol. The molecule has 0 radical (unpaired) electrons. The molecule has 3 nitrogen and oxygen atoms in total. The van der Waals surface area contributed by atoms with E-state index in [1.54, 1.807) is 7.11 Å². The summed E-state index contributed by atoms with van der Waals surface area (Å²) < 4.78 is 5.16. The summed E-state index contributed by atoms with van der Waals surface area (Å²) in [5.74, 6) is 2.37. The highest BCUT2D eigenvalue weighted by Crippen LogP contribution is 2.03. The van der Waals surface area contributed by atoms with Crippen molar-refractivity contribution in [2.45, 2.75) is 32.4 Å². The molecule has 2 unspecified atom stereocenters. The summed E-state index contributed by atoms with van der Waals surface area (Å²) in [5, 5.41) is 3.42. The van der Waals surface area contributed by atoms with Crippen LogP contribution in [0.1, 0.15) is 20.3 Å². The topological polar surface area (TPSA) is 47.3 Å². The molecule has 0 aliphatic heterocycles. The van der Waals surface area contributed by atoms with E-state index in [0.717, 1.165) is 13.0 Å². The smallest absolute Gasteiger partial charge is 0.0667 e. The van der Waals surface area contributed by atoms with E-state index >= 15 is 0 Å². The highest BCUT2D eigenvalue weighted by atomic mass is 32.2. The molecule has 0 aromatic carbocycles. The van der Waals surface area contributed by atoms with Crippen molar-refractivity contribution in [2.75, 3.05) is 31.7 Å². The van der Waals surface area contributed by atoms with Crippen LogP contribution in [0.4, 0.5) is 0 Å². The zero-order chi connectivity index (χ0) is 10.8. The average Bonchev–Trinajstić information content (AvgIpc) is 2.22. The van der Waals surface area contributed by atoms with Gasteiger partial charge in [0.25, 0.3) is 0 Å². The lowest BCUT2D eigenvalue weighted by atomic mass is 10.2. The van der Waals surface area contributed by atoms with Crippen LogP contribution in [-0.2, 0) is 4.74 Å². The molecule has 86 valence electrons. The molecule has 0 aliphatic carbocycles. The second-order valence-corrected chi connectivity index (χ2v) is 4.77. The molecule has 2 atom stereocenters. The second-order valence-electron chi connectivity index (χ2n) is 3.37. The summed E-state index contributed by atoms with van der Waals surface area (Å²) in [6, 6.07) is 0.437. The van der Waals surface area contributed by atoms with Gasteiger partial charge in [-0.15, -0.1) is 0 Å². The molecule has 0 saturated carbocycles. The van der Waals surface area contributed by atoms with Gasteiger partial charge in [-0.25, -0.2) is 0 Å². The van der Waals surface area contributed by atoms with Gasteiger partial charge in [0.05, 0.1) is 6.10 Å². The van der Waals surface area contributed by atoms with E-state index in [-0.39, 0.29) is 6.10 Å². The van der Waals surface area contributed by atoms with Crippen molar-refractivity contribution in [3.05, 3.63) is 0 Å². The summed E-state index contributed by atoms with van der Waals surface area (Å²) >= 11 is 1.97. The Morgan fingerprint density at radius 3 is 2.71 bits per heavy atom. The SMILES string of the molecule is CCSCCC(CN)NCC(C)OC. The van der Waals surface area contributed by atoms with E-state index in [4.69, 9.17) is 10.5 Å². The van der Waals surface area contributed by atoms with Crippen molar-refractivity contribution < 1.29 is 4.74 Å². The van der Waals surface area contributed by atoms with Crippen LogP contribution in [-0.4, -0.2) is 43.9 Å². The molecular formula is C10H24N2OS.